The molecule has 0 saturated carbocycles. The minimum Gasteiger partial charge on any atom is -0.333 e. The fraction of sp³-hybridized carbons (Fsp3) is 0.440. The monoisotopic (exact) mass is 417 g/mol. The van der Waals surface area contributed by atoms with Crippen molar-refractivity contribution in [3.8, 4) is 0 Å². The Bertz CT molecular complexity index is 1030. The summed E-state index contributed by atoms with van der Waals surface area (Å²) in [6.07, 6.45) is 2.47. The summed E-state index contributed by atoms with van der Waals surface area (Å²) in [5.74, 6) is 0.605. The van der Waals surface area contributed by atoms with E-state index in [1.54, 1.807) is 0 Å². The second kappa shape index (κ2) is 8.81. The molecule has 0 atom stereocenters. The molecule has 0 aliphatic carbocycles. The van der Waals surface area contributed by atoms with Crippen molar-refractivity contribution in [2.45, 2.75) is 25.4 Å². The minimum absolute atomic E-state index is 0.0511. The molecule has 0 N–H and O–H groups in total. The Labute approximate surface area is 184 Å². The molecule has 5 rings (SSSR count). The highest BCUT2D eigenvalue weighted by molar-refractivity contribution is 5.95. The highest BCUT2D eigenvalue weighted by atomic mass is 16.2. The summed E-state index contributed by atoms with van der Waals surface area (Å²) in [5.41, 5.74) is 3.07. The molecule has 2 aliphatic rings. The zero-order valence-electron chi connectivity index (χ0n) is 18.3. The summed E-state index contributed by atoms with van der Waals surface area (Å²) in [6, 6.07) is 19.0. The molecule has 162 valence electrons. The number of carbonyl (C=O) groups excluding carboxylic acids is 1. The summed E-state index contributed by atoms with van der Waals surface area (Å²) < 4.78 is 2.08. The van der Waals surface area contributed by atoms with Crippen molar-refractivity contribution in [2.75, 3.05) is 46.3 Å². The van der Waals surface area contributed by atoms with E-state index in [1.165, 1.54) is 31.5 Å². The number of rotatable bonds is 4. The molecule has 2 fully saturated rings. The predicted octanol–water partition coefficient (Wildman–Crippen LogP) is 2.94. The lowest BCUT2D eigenvalue weighted by Crippen LogP contribution is -2.54. The van der Waals surface area contributed by atoms with Crippen LogP contribution in [-0.2, 0) is 6.54 Å². The Morgan fingerprint density at radius 2 is 1.58 bits per heavy atom. The van der Waals surface area contributed by atoms with Crippen LogP contribution in [0.4, 0.5) is 0 Å². The van der Waals surface area contributed by atoms with Crippen LogP contribution in [0, 0.1) is 0 Å². The van der Waals surface area contributed by atoms with Crippen LogP contribution in [0.1, 0.15) is 29.0 Å². The number of piperazine rings is 1. The Balaban J connectivity index is 1.34. The Morgan fingerprint density at radius 3 is 2.32 bits per heavy atom. The van der Waals surface area contributed by atoms with E-state index in [9.17, 15) is 4.79 Å². The molecular formula is C25H31N5O. The largest absolute Gasteiger partial charge is 0.333 e. The van der Waals surface area contributed by atoms with Gasteiger partial charge in [-0.05, 0) is 50.7 Å². The molecule has 0 spiro atoms. The van der Waals surface area contributed by atoms with E-state index >= 15 is 0 Å². The first-order chi connectivity index (χ1) is 15.2. The maximum Gasteiger partial charge on any atom is 0.289 e. The van der Waals surface area contributed by atoms with Gasteiger partial charge in [0.25, 0.3) is 5.91 Å². The number of nitrogens with zero attached hydrogens (tertiary/aromatic N) is 5. The fourth-order valence-electron chi connectivity index (χ4n) is 4.96. The van der Waals surface area contributed by atoms with Crippen molar-refractivity contribution in [2.24, 2.45) is 0 Å². The van der Waals surface area contributed by atoms with Crippen LogP contribution >= 0.6 is 0 Å². The molecule has 0 radical (unpaired) electrons. The molecule has 0 unspecified atom stereocenters. The number of benzene rings is 2. The molecule has 3 heterocycles. The summed E-state index contributed by atoms with van der Waals surface area (Å²) >= 11 is 0. The topological polar surface area (TPSA) is 44.6 Å². The zero-order chi connectivity index (χ0) is 21.2. The fourth-order valence-corrected chi connectivity index (χ4v) is 4.96. The highest BCUT2D eigenvalue weighted by Crippen LogP contribution is 2.21. The van der Waals surface area contributed by atoms with E-state index in [0.29, 0.717) is 18.4 Å². The number of carbonyl (C=O) groups is 1. The first-order valence-corrected chi connectivity index (χ1v) is 11.4. The van der Waals surface area contributed by atoms with Gasteiger partial charge in [0.2, 0.25) is 5.82 Å². The lowest BCUT2D eigenvalue weighted by atomic mass is 10.0. The van der Waals surface area contributed by atoms with Gasteiger partial charge in [-0.1, -0.05) is 42.5 Å². The van der Waals surface area contributed by atoms with Crippen molar-refractivity contribution in [1.82, 2.24) is 24.3 Å². The van der Waals surface area contributed by atoms with Crippen LogP contribution in [0.3, 0.4) is 0 Å². The molecule has 2 saturated heterocycles. The van der Waals surface area contributed by atoms with E-state index in [4.69, 9.17) is 4.98 Å². The Kier molecular flexibility index (Phi) is 5.74. The maximum atomic E-state index is 13.5. The summed E-state index contributed by atoms with van der Waals surface area (Å²) in [5, 5.41) is 0. The summed E-state index contributed by atoms with van der Waals surface area (Å²) in [7, 11) is 2.20. The van der Waals surface area contributed by atoms with E-state index in [2.05, 4.69) is 39.6 Å². The molecule has 1 amide bonds. The van der Waals surface area contributed by atoms with Crippen LogP contribution < -0.4 is 0 Å². The molecule has 2 aromatic carbocycles. The number of piperidine rings is 1. The van der Waals surface area contributed by atoms with Gasteiger partial charge >= 0.3 is 0 Å². The lowest BCUT2D eigenvalue weighted by molar-refractivity contribution is 0.0463. The summed E-state index contributed by atoms with van der Waals surface area (Å²) in [6.45, 7) is 6.47. The predicted molar refractivity (Wildman–Crippen MR) is 123 cm³/mol. The second-order valence-corrected chi connectivity index (χ2v) is 8.86. The van der Waals surface area contributed by atoms with Gasteiger partial charge in [0.1, 0.15) is 0 Å². The minimum atomic E-state index is 0.0511. The van der Waals surface area contributed by atoms with Crippen LogP contribution in [0.2, 0.25) is 0 Å². The molecule has 1 aromatic heterocycles. The van der Waals surface area contributed by atoms with E-state index in [0.717, 1.165) is 37.2 Å². The van der Waals surface area contributed by atoms with Gasteiger partial charge in [-0.3, -0.25) is 9.69 Å². The molecular weight excluding hydrogens is 386 g/mol. The van der Waals surface area contributed by atoms with Gasteiger partial charge in [0, 0.05) is 38.8 Å². The second-order valence-electron chi connectivity index (χ2n) is 8.86. The number of para-hydroxylation sites is 2. The number of aromatic nitrogens is 2. The van der Waals surface area contributed by atoms with E-state index < -0.39 is 0 Å². The number of fused-ring (bicyclic) bond motifs is 1. The average Bonchev–Trinajstić information content (AvgIpc) is 3.18. The number of amides is 1. The molecule has 3 aromatic rings. The van der Waals surface area contributed by atoms with E-state index in [-0.39, 0.29) is 5.91 Å². The number of likely N-dealkylation sites (tertiary alicyclic amines) is 1. The molecule has 0 bridgehead atoms. The molecule has 2 aliphatic heterocycles. The van der Waals surface area contributed by atoms with Gasteiger partial charge in [-0.2, -0.15) is 0 Å². The van der Waals surface area contributed by atoms with Crippen molar-refractivity contribution >= 4 is 16.9 Å². The maximum absolute atomic E-state index is 13.5. The SMILES string of the molecule is CN1CCC(N2CCN(C(=O)c3nc4ccccc4n3Cc3ccccc3)CC2)CC1. The zero-order valence-corrected chi connectivity index (χ0v) is 18.3. The molecule has 6 heteroatoms. The number of hydrogen-bond acceptors (Lipinski definition) is 4. The molecule has 6 nitrogen and oxygen atoms in total. The van der Waals surface area contributed by atoms with Crippen molar-refractivity contribution in [1.29, 1.82) is 0 Å². The number of imidazole rings is 1. The first-order valence-electron chi connectivity index (χ1n) is 11.4. The third-order valence-electron chi connectivity index (χ3n) is 6.84. The van der Waals surface area contributed by atoms with E-state index in [1.807, 2.05) is 41.3 Å². The Morgan fingerprint density at radius 1 is 0.903 bits per heavy atom. The first kappa shape index (κ1) is 20.2. The highest BCUT2D eigenvalue weighted by Gasteiger charge is 2.30. The smallest absolute Gasteiger partial charge is 0.289 e. The van der Waals surface area contributed by atoms with Crippen LogP contribution in [0.15, 0.2) is 54.6 Å². The average molecular weight is 418 g/mol. The van der Waals surface area contributed by atoms with Crippen molar-refractivity contribution < 1.29 is 4.79 Å². The third-order valence-corrected chi connectivity index (χ3v) is 6.84. The number of hydrogen-bond donors (Lipinski definition) is 0. The normalized spacial score (nSPS) is 19.2. The van der Waals surface area contributed by atoms with Crippen molar-refractivity contribution in [3.05, 3.63) is 66.0 Å². The Hall–Kier alpha value is -2.70. The molecule has 31 heavy (non-hydrogen) atoms. The van der Waals surface area contributed by atoms with Gasteiger partial charge < -0.3 is 14.4 Å². The van der Waals surface area contributed by atoms with Gasteiger partial charge in [-0.25, -0.2) is 4.98 Å². The lowest BCUT2D eigenvalue weighted by Gasteiger charge is -2.42. The van der Waals surface area contributed by atoms with Crippen molar-refractivity contribution in [3.63, 3.8) is 0 Å². The summed E-state index contributed by atoms with van der Waals surface area (Å²) in [4.78, 5) is 25.3. The van der Waals surface area contributed by atoms with Crippen LogP contribution in [0.5, 0.6) is 0 Å². The standard InChI is InChI=1S/C25H31N5O/c1-27-13-11-21(12-14-27)28-15-17-29(18-16-28)25(31)24-26-22-9-5-6-10-23(22)30(24)19-20-7-3-2-4-8-20/h2-10,21H,11-19H2,1H3. The quantitative estimate of drug-likeness (QED) is 0.655. The third kappa shape index (κ3) is 4.23. The van der Waals surface area contributed by atoms with Crippen LogP contribution in [-0.4, -0.2) is 82.5 Å². The van der Waals surface area contributed by atoms with Crippen LogP contribution in [0.25, 0.3) is 11.0 Å². The van der Waals surface area contributed by atoms with Gasteiger partial charge in [0.15, 0.2) is 0 Å². The van der Waals surface area contributed by atoms with Gasteiger partial charge in [0.05, 0.1) is 11.0 Å². The van der Waals surface area contributed by atoms with Gasteiger partial charge in [-0.15, -0.1) is 0 Å².